The number of rotatable bonds is 5. The first-order valence-corrected chi connectivity index (χ1v) is 9.10. The van der Waals surface area contributed by atoms with Crippen molar-refractivity contribution in [3.63, 3.8) is 0 Å². The van der Waals surface area contributed by atoms with Crippen molar-refractivity contribution in [3.05, 3.63) is 77.3 Å². The van der Waals surface area contributed by atoms with Crippen molar-refractivity contribution >= 4 is 34.3 Å². The molecule has 140 valence electrons. The van der Waals surface area contributed by atoms with Gasteiger partial charge in [-0.2, -0.15) is 0 Å². The molecule has 0 aliphatic carbocycles. The summed E-state index contributed by atoms with van der Waals surface area (Å²) >= 11 is 5.83. The molecule has 5 nitrogen and oxygen atoms in total. The van der Waals surface area contributed by atoms with E-state index in [0.29, 0.717) is 22.4 Å². The molecule has 4 rings (SSSR count). The van der Waals surface area contributed by atoms with Gasteiger partial charge in [0.15, 0.2) is 12.2 Å². The van der Waals surface area contributed by atoms with Gasteiger partial charge in [0.2, 0.25) is 5.89 Å². The van der Waals surface area contributed by atoms with E-state index in [9.17, 15) is 4.79 Å². The Morgan fingerprint density at radius 3 is 2.75 bits per heavy atom. The quantitative estimate of drug-likeness (QED) is 0.488. The molecule has 6 heteroatoms. The van der Waals surface area contributed by atoms with Crippen LogP contribution in [0.25, 0.3) is 22.6 Å². The zero-order valence-corrected chi connectivity index (χ0v) is 15.9. The lowest BCUT2D eigenvalue weighted by molar-refractivity contribution is -0.118. The number of aryl methyl sites for hydroxylation is 1. The molecule has 0 unspecified atom stereocenters. The van der Waals surface area contributed by atoms with Crippen molar-refractivity contribution in [2.24, 2.45) is 0 Å². The van der Waals surface area contributed by atoms with Crippen LogP contribution in [0.5, 0.6) is 5.75 Å². The molecule has 0 saturated heterocycles. The first-order chi connectivity index (χ1) is 13.6. The van der Waals surface area contributed by atoms with Gasteiger partial charge in [-0.05, 0) is 67.1 Å². The van der Waals surface area contributed by atoms with E-state index in [0.717, 1.165) is 22.2 Å². The van der Waals surface area contributed by atoms with Gasteiger partial charge in [0.1, 0.15) is 11.3 Å². The minimum Gasteiger partial charge on any atom is -0.484 e. The minimum atomic E-state index is -0.264. The summed E-state index contributed by atoms with van der Waals surface area (Å²) in [6.07, 6.45) is 0. The van der Waals surface area contributed by atoms with E-state index in [1.807, 2.05) is 43.3 Å². The van der Waals surface area contributed by atoms with Crippen LogP contribution in [-0.2, 0) is 4.79 Å². The van der Waals surface area contributed by atoms with Crippen LogP contribution < -0.4 is 10.1 Å². The number of nitrogens with zero attached hydrogens (tertiary/aromatic N) is 1. The molecule has 4 aromatic rings. The Morgan fingerprint density at radius 2 is 1.93 bits per heavy atom. The number of nitrogens with one attached hydrogen (secondary N) is 1. The Balaban J connectivity index is 1.45. The molecular formula is C22H17ClN2O3. The third kappa shape index (κ3) is 4.15. The predicted molar refractivity (Wildman–Crippen MR) is 110 cm³/mol. The summed E-state index contributed by atoms with van der Waals surface area (Å²) in [5, 5.41) is 3.43. The molecule has 0 fully saturated rings. The maximum atomic E-state index is 12.2. The molecule has 0 bridgehead atoms. The third-order valence-corrected chi connectivity index (χ3v) is 4.37. The van der Waals surface area contributed by atoms with Crippen LogP contribution in [0.1, 0.15) is 5.56 Å². The Kier molecular flexibility index (Phi) is 5.00. The molecule has 0 aliphatic heterocycles. The molecule has 0 aliphatic rings. The average Bonchev–Trinajstić information content (AvgIpc) is 3.11. The summed E-state index contributed by atoms with van der Waals surface area (Å²) in [6, 6.07) is 20.0. The van der Waals surface area contributed by atoms with Gasteiger partial charge >= 0.3 is 0 Å². The van der Waals surface area contributed by atoms with Crippen LogP contribution in [0.2, 0.25) is 5.02 Å². The second-order valence-corrected chi connectivity index (χ2v) is 6.80. The maximum Gasteiger partial charge on any atom is 0.262 e. The van der Waals surface area contributed by atoms with E-state index in [4.69, 9.17) is 20.8 Å². The molecule has 3 aromatic carbocycles. The summed E-state index contributed by atoms with van der Waals surface area (Å²) in [5.74, 6) is 0.824. The average molecular weight is 393 g/mol. The van der Waals surface area contributed by atoms with Crippen molar-refractivity contribution in [2.75, 3.05) is 11.9 Å². The van der Waals surface area contributed by atoms with E-state index < -0.39 is 0 Å². The van der Waals surface area contributed by atoms with Gasteiger partial charge in [-0.1, -0.05) is 23.7 Å². The number of hydrogen-bond acceptors (Lipinski definition) is 4. The van der Waals surface area contributed by atoms with Gasteiger partial charge in [-0.3, -0.25) is 4.79 Å². The molecule has 28 heavy (non-hydrogen) atoms. The summed E-state index contributed by atoms with van der Waals surface area (Å²) < 4.78 is 11.3. The standard InChI is InChI=1S/C22H17ClN2O3/c1-14-5-10-20-19(11-14)25-22(28-20)15-3-2-4-17(12-15)24-21(26)13-27-18-8-6-16(23)7-9-18/h2-12H,13H2,1H3,(H,24,26). The monoisotopic (exact) mass is 392 g/mol. The number of amides is 1. The van der Waals surface area contributed by atoms with E-state index in [-0.39, 0.29) is 12.5 Å². The number of benzene rings is 3. The molecule has 1 N–H and O–H groups in total. The zero-order chi connectivity index (χ0) is 19.5. The number of halogens is 1. The number of ether oxygens (including phenoxy) is 1. The second kappa shape index (κ2) is 7.74. The minimum absolute atomic E-state index is 0.103. The van der Waals surface area contributed by atoms with Crippen LogP contribution >= 0.6 is 11.6 Å². The van der Waals surface area contributed by atoms with Crippen LogP contribution in [0.3, 0.4) is 0 Å². The van der Waals surface area contributed by atoms with Gasteiger partial charge in [-0.15, -0.1) is 0 Å². The van der Waals surface area contributed by atoms with Gasteiger partial charge in [0.05, 0.1) is 0 Å². The van der Waals surface area contributed by atoms with E-state index in [2.05, 4.69) is 10.3 Å². The summed E-state index contributed by atoms with van der Waals surface area (Å²) in [4.78, 5) is 16.7. The van der Waals surface area contributed by atoms with E-state index in [1.165, 1.54) is 0 Å². The molecule has 1 heterocycles. The fraction of sp³-hybridized carbons (Fsp3) is 0.0909. The number of carbonyl (C=O) groups is 1. The van der Waals surface area contributed by atoms with Gasteiger partial charge in [-0.25, -0.2) is 4.98 Å². The first-order valence-electron chi connectivity index (χ1n) is 8.73. The van der Waals surface area contributed by atoms with Crippen LogP contribution in [0, 0.1) is 6.92 Å². The fourth-order valence-electron chi connectivity index (χ4n) is 2.77. The summed E-state index contributed by atoms with van der Waals surface area (Å²) in [5.41, 5.74) is 4.08. The van der Waals surface area contributed by atoms with Crippen molar-refractivity contribution in [1.29, 1.82) is 0 Å². The Bertz CT molecular complexity index is 1140. The van der Waals surface area contributed by atoms with Crippen molar-refractivity contribution in [1.82, 2.24) is 4.98 Å². The number of aromatic nitrogens is 1. The SMILES string of the molecule is Cc1ccc2oc(-c3cccc(NC(=O)COc4ccc(Cl)cc4)c3)nc2c1. The van der Waals surface area contributed by atoms with E-state index >= 15 is 0 Å². The molecule has 1 aromatic heterocycles. The highest BCUT2D eigenvalue weighted by atomic mass is 35.5. The zero-order valence-electron chi connectivity index (χ0n) is 15.1. The topological polar surface area (TPSA) is 64.4 Å². The van der Waals surface area contributed by atoms with Gasteiger partial charge in [0.25, 0.3) is 5.91 Å². The fourth-order valence-corrected chi connectivity index (χ4v) is 2.89. The molecule has 0 atom stereocenters. The lowest BCUT2D eigenvalue weighted by atomic mass is 10.2. The maximum absolute atomic E-state index is 12.2. The Hall–Kier alpha value is -3.31. The summed E-state index contributed by atoms with van der Waals surface area (Å²) in [6.45, 7) is 1.91. The lowest BCUT2D eigenvalue weighted by Gasteiger charge is -2.08. The number of anilines is 1. The van der Waals surface area contributed by atoms with Crippen LogP contribution in [-0.4, -0.2) is 17.5 Å². The van der Waals surface area contributed by atoms with Gasteiger partial charge < -0.3 is 14.5 Å². The largest absolute Gasteiger partial charge is 0.484 e. The highest BCUT2D eigenvalue weighted by Crippen LogP contribution is 2.26. The van der Waals surface area contributed by atoms with Gasteiger partial charge in [0, 0.05) is 16.3 Å². The number of hydrogen-bond donors (Lipinski definition) is 1. The highest BCUT2D eigenvalue weighted by Gasteiger charge is 2.10. The molecular weight excluding hydrogens is 376 g/mol. The van der Waals surface area contributed by atoms with Crippen molar-refractivity contribution in [2.45, 2.75) is 6.92 Å². The number of oxazole rings is 1. The molecule has 0 radical (unpaired) electrons. The Labute approximate surface area is 166 Å². The summed E-state index contributed by atoms with van der Waals surface area (Å²) in [7, 11) is 0. The predicted octanol–water partition coefficient (Wildman–Crippen LogP) is 5.47. The normalized spacial score (nSPS) is 10.8. The second-order valence-electron chi connectivity index (χ2n) is 6.36. The lowest BCUT2D eigenvalue weighted by Crippen LogP contribution is -2.20. The number of carbonyl (C=O) groups excluding carboxylic acids is 1. The van der Waals surface area contributed by atoms with E-state index in [1.54, 1.807) is 30.3 Å². The van der Waals surface area contributed by atoms with Crippen molar-refractivity contribution < 1.29 is 13.9 Å². The highest BCUT2D eigenvalue weighted by molar-refractivity contribution is 6.30. The molecule has 0 spiro atoms. The molecule has 0 saturated carbocycles. The van der Waals surface area contributed by atoms with Crippen LogP contribution in [0.15, 0.2) is 71.1 Å². The first kappa shape index (κ1) is 18.1. The van der Waals surface area contributed by atoms with Crippen LogP contribution in [0.4, 0.5) is 5.69 Å². The van der Waals surface area contributed by atoms with Crippen molar-refractivity contribution in [3.8, 4) is 17.2 Å². The number of fused-ring (bicyclic) bond motifs is 1. The molecule has 1 amide bonds. The third-order valence-electron chi connectivity index (χ3n) is 4.12. The smallest absolute Gasteiger partial charge is 0.262 e. The Morgan fingerprint density at radius 1 is 1.11 bits per heavy atom.